The van der Waals surface area contributed by atoms with Gasteiger partial charge < -0.3 is 15.2 Å². The second-order valence-corrected chi connectivity index (χ2v) is 7.21. The first kappa shape index (κ1) is 21.4. The van der Waals surface area contributed by atoms with Crippen LogP contribution in [0.15, 0.2) is 47.5 Å². The maximum atomic E-state index is 12.7. The third-order valence-electron chi connectivity index (χ3n) is 4.25. The van der Waals surface area contributed by atoms with E-state index >= 15 is 0 Å². The number of benzene rings is 1. The van der Waals surface area contributed by atoms with Crippen molar-refractivity contribution in [3.8, 4) is 0 Å². The van der Waals surface area contributed by atoms with Gasteiger partial charge in [-0.2, -0.15) is 0 Å². The fraction of sp³-hybridized carbons (Fsp3) is 0.409. The molecule has 1 heterocycles. The van der Waals surface area contributed by atoms with Crippen molar-refractivity contribution in [3.63, 3.8) is 0 Å². The molecule has 0 bridgehead atoms. The molecule has 0 aliphatic carbocycles. The zero-order valence-corrected chi connectivity index (χ0v) is 16.8. The molecule has 1 aromatic carbocycles. The van der Waals surface area contributed by atoms with Crippen molar-refractivity contribution < 1.29 is 9.59 Å². The van der Waals surface area contributed by atoms with Crippen LogP contribution in [0.3, 0.4) is 0 Å². The van der Waals surface area contributed by atoms with Gasteiger partial charge in [0, 0.05) is 32.0 Å². The van der Waals surface area contributed by atoms with Crippen LogP contribution in [0.2, 0.25) is 0 Å². The van der Waals surface area contributed by atoms with E-state index in [4.69, 9.17) is 0 Å². The fourth-order valence-corrected chi connectivity index (χ4v) is 2.97. The Balaban J connectivity index is 2.12. The van der Waals surface area contributed by atoms with Gasteiger partial charge in [-0.25, -0.2) is 0 Å². The summed E-state index contributed by atoms with van der Waals surface area (Å²) in [6, 6.07) is 10.0. The lowest BCUT2D eigenvalue weighted by Gasteiger charge is -2.14. The van der Waals surface area contributed by atoms with Gasteiger partial charge in [-0.05, 0) is 31.2 Å². The van der Waals surface area contributed by atoms with Crippen molar-refractivity contribution in [1.82, 2.24) is 15.2 Å². The molecule has 2 amide bonds. The number of rotatable bonds is 9. The Morgan fingerprint density at radius 2 is 1.61 bits per heavy atom. The number of aromatic nitrogens is 1. The molecule has 150 valence electrons. The largest absolute Gasteiger partial charge is 0.352 e. The summed E-state index contributed by atoms with van der Waals surface area (Å²) >= 11 is 0. The van der Waals surface area contributed by atoms with Gasteiger partial charge in [-0.3, -0.25) is 14.4 Å². The molecule has 0 saturated heterocycles. The van der Waals surface area contributed by atoms with Crippen LogP contribution < -0.4 is 16.1 Å². The molecule has 0 aliphatic rings. The minimum Gasteiger partial charge on any atom is -0.352 e. The molecular formula is C22H29N3O3. The van der Waals surface area contributed by atoms with E-state index in [0.29, 0.717) is 25.6 Å². The van der Waals surface area contributed by atoms with E-state index in [0.717, 1.165) is 12.8 Å². The molecule has 28 heavy (non-hydrogen) atoms. The molecule has 6 nitrogen and oxygen atoms in total. The summed E-state index contributed by atoms with van der Waals surface area (Å²) in [4.78, 5) is 37.5. The van der Waals surface area contributed by atoms with E-state index in [2.05, 4.69) is 10.6 Å². The van der Waals surface area contributed by atoms with E-state index in [-0.39, 0.29) is 11.1 Å². The van der Waals surface area contributed by atoms with Gasteiger partial charge in [0.15, 0.2) is 0 Å². The molecule has 0 saturated carbocycles. The van der Waals surface area contributed by atoms with E-state index in [9.17, 15) is 14.4 Å². The highest BCUT2D eigenvalue weighted by Crippen LogP contribution is 2.05. The van der Waals surface area contributed by atoms with Crippen molar-refractivity contribution in [3.05, 3.63) is 69.6 Å². The molecule has 0 fully saturated rings. The molecular weight excluding hydrogens is 354 g/mol. The van der Waals surface area contributed by atoms with Gasteiger partial charge in [0.25, 0.3) is 11.8 Å². The third kappa shape index (κ3) is 6.08. The lowest BCUT2D eigenvalue weighted by atomic mass is 10.1. The lowest BCUT2D eigenvalue weighted by Crippen LogP contribution is -2.36. The van der Waals surface area contributed by atoms with Crippen LogP contribution in [0.4, 0.5) is 0 Å². The first-order chi connectivity index (χ1) is 13.4. The number of nitrogens with one attached hydrogen (secondary N) is 2. The van der Waals surface area contributed by atoms with Crippen LogP contribution in [0, 0.1) is 5.92 Å². The van der Waals surface area contributed by atoms with Crippen LogP contribution in [0.25, 0.3) is 0 Å². The number of carbonyl (C=O) groups excluding carboxylic acids is 2. The molecule has 0 unspecified atom stereocenters. The Hall–Kier alpha value is -2.89. The average molecular weight is 383 g/mol. The standard InChI is InChI=1S/C22H29N3O3/c1-4-23-21(27)18-14-25(13-16(2)3)15-19(20(18)26)22(28)24-12-8-11-17-9-6-5-7-10-17/h5-7,9-10,14-16H,4,8,11-13H2,1-3H3,(H,23,27)(H,24,28). The van der Waals surface area contributed by atoms with Gasteiger partial charge in [-0.1, -0.05) is 44.2 Å². The van der Waals surface area contributed by atoms with E-state index in [1.54, 1.807) is 11.5 Å². The molecule has 2 N–H and O–H groups in total. The smallest absolute Gasteiger partial charge is 0.256 e. The number of hydrogen-bond donors (Lipinski definition) is 2. The number of amides is 2. The fourth-order valence-electron chi connectivity index (χ4n) is 2.97. The Labute approximate surface area is 166 Å². The van der Waals surface area contributed by atoms with Gasteiger partial charge in [-0.15, -0.1) is 0 Å². The zero-order valence-electron chi connectivity index (χ0n) is 16.8. The number of carbonyl (C=O) groups is 2. The minimum atomic E-state index is -0.536. The van der Waals surface area contributed by atoms with Crippen LogP contribution in [-0.4, -0.2) is 29.5 Å². The van der Waals surface area contributed by atoms with Gasteiger partial charge in [0.05, 0.1) is 0 Å². The Bertz CT molecular complexity index is 857. The van der Waals surface area contributed by atoms with Crippen molar-refractivity contribution in [1.29, 1.82) is 0 Å². The summed E-state index contributed by atoms with van der Waals surface area (Å²) in [5, 5.41) is 5.44. The van der Waals surface area contributed by atoms with Crippen LogP contribution >= 0.6 is 0 Å². The van der Waals surface area contributed by atoms with E-state index in [1.807, 2.05) is 44.2 Å². The van der Waals surface area contributed by atoms with Crippen LogP contribution in [0.1, 0.15) is 53.5 Å². The first-order valence-electron chi connectivity index (χ1n) is 9.76. The quantitative estimate of drug-likeness (QED) is 0.653. The summed E-state index contributed by atoms with van der Waals surface area (Å²) in [5.74, 6) is -0.586. The van der Waals surface area contributed by atoms with Crippen molar-refractivity contribution in [2.24, 2.45) is 5.92 Å². The normalized spacial score (nSPS) is 10.7. The number of nitrogens with zero attached hydrogens (tertiary/aromatic N) is 1. The zero-order chi connectivity index (χ0) is 20.5. The first-order valence-corrected chi connectivity index (χ1v) is 9.76. The Morgan fingerprint density at radius 1 is 1.00 bits per heavy atom. The highest BCUT2D eigenvalue weighted by atomic mass is 16.2. The molecule has 0 radical (unpaired) electrons. The van der Waals surface area contributed by atoms with Crippen molar-refractivity contribution >= 4 is 11.8 Å². The number of pyridine rings is 1. The SMILES string of the molecule is CCNC(=O)c1cn(CC(C)C)cc(C(=O)NCCCc2ccccc2)c1=O. The van der Waals surface area contributed by atoms with Crippen molar-refractivity contribution in [2.45, 2.75) is 40.2 Å². The monoisotopic (exact) mass is 383 g/mol. The molecule has 0 atom stereocenters. The van der Waals surface area contributed by atoms with Gasteiger partial charge >= 0.3 is 0 Å². The van der Waals surface area contributed by atoms with Crippen molar-refractivity contribution in [2.75, 3.05) is 13.1 Å². The van der Waals surface area contributed by atoms with Crippen LogP contribution in [-0.2, 0) is 13.0 Å². The predicted molar refractivity (Wildman–Crippen MR) is 111 cm³/mol. The maximum Gasteiger partial charge on any atom is 0.256 e. The summed E-state index contributed by atoms with van der Waals surface area (Å²) in [7, 11) is 0. The summed E-state index contributed by atoms with van der Waals surface area (Å²) < 4.78 is 1.75. The predicted octanol–water partition coefficient (Wildman–Crippen LogP) is 2.62. The third-order valence-corrected chi connectivity index (χ3v) is 4.25. The minimum absolute atomic E-state index is 0.000523. The van der Waals surface area contributed by atoms with Gasteiger partial charge in [0.2, 0.25) is 5.43 Å². The summed E-state index contributed by atoms with van der Waals surface area (Å²) in [6.45, 7) is 7.34. The van der Waals surface area contributed by atoms with Gasteiger partial charge in [0.1, 0.15) is 11.1 Å². The average Bonchev–Trinajstić information content (AvgIpc) is 2.67. The molecule has 2 aromatic rings. The summed E-state index contributed by atoms with van der Waals surface area (Å²) in [5.41, 5.74) is 0.671. The lowest BCUT2D eigenvalue weighted by molar-refractivity contribution is 0.0950. The second-order valence-electron chi connectivity index (χ2n) is 7.21. The van der Waals surface area contributed by atoms with Crippen LogP contribution in [0.5, 0.6) is 0 Å². The molecule has 6 heteroatoms. The Kier molecular flexibility index (Phi) is 7.99. The van der Waals surface area contributed by atoms with E-state index in [1.165, 1.54) is 18.0 Å². The highest BCUT2D eigenvalue weighted by Gasteiger charge is 2.19. The number of aryl methyl sites for hydroxylation is 1. The highest BCUT2D eigenvalue weighted by molar-refractivity contribution is 5.99. The van der Waals surface area contributed by atoms with E-state index < -0.39 is 17.2 Å². The maximum absolute atomic E-state index is 12.7. The Morgan fingerprint density at radius 3 is 2.18 bits per heavy atom. The topological polar surface area (TPSA) is 80.2 Å². The second kappa shape index (κ2) is 10.4. The molecule has 1 aromatic heterocycles. The molecule has 2 rings (SSSR count). The molecule has 0 aliphatic heterocycles. The summed E-state index contributed by atoms with van der Waals surface area (Å²) in [6.07, 6.45) is 4.68. The molecule has 0 spiro atoms. The number of hydrogen-bond acceptors (Lipinski definition) is 3.